The van der Waals surface area contributed by atoms with E-state index in [0.717, 1.165) is 13.1 Å². The van der Waals surface area contributed by atoms with E-state index in [1.165, 1.54) is 6.26 Å². The molecule has 0 radical (unpaired) electrons. The number of carboxylic acid groups (broad SMARTS) is 1. The van der Waals surface area contributed by atoms with E-state index in [1.54, 1.807) is 0 Å². The zero-order valence-corrected chi connectivity index (χ0v) is 10.3. The smallest absolute Gasteiger partial charge is 0.357 e. The van der Waals surface area contributed by atoms with Crippen LogP contribution in [0.4, 0.5) is 6.01 Å². The van der Waals surface area contributed by atoms with Crippen molar-refractivity contribution >= 4 is 12.0 Å². The minimum Gasteiger partial charge on any atom is -0.476 e. The first kappa shape index (κ1) is 11.9. The van der Waals surface area contributed by atoms with Crippen LogP contribution in [0.3, 0.4) is 0 Å². The monoisotopic (exact) mass is 239 g/mol. The lowest BCUT2D eigenvalue weighted by Crippen LogP contribution is -2.34. The van der Waals surface area contributed by atoms with E-state index in [9.17, 15) is 4.79 Å². The molecule has 1 fully saturated rings. The molecule has 1 aliphatic heterocycles. The van der Waals surface area contributed by atoms with Crippen molar-refractivity contribution in [3.8, 4) is 0 Å². The Balaban J connectivity index is 2.11. The Hall–Kier alpha value is -1.56. The molecule has 2 atom stereocenters. The molecule has 1 aromatic heterocycles. The maximum Gasteiger partial charge on any atom is 0.357 e. The van der Waals surface area contributed by atoms with Gasteiger partial charge in [-0.05, 0) is 20.0 Å². The van der Waals surface area contributed by atoms with Gasteiger partial charge in [0.2, 0.25) is 0 Å². The fraction of sp³-hybridized carbons (Fsp3) is 0.636. The summed E-state index contributed by atoms with van der Waals surface area (Å²) in [5, 5.41) is 8.78. The number of aromatic nitrogens is 1. The molecule has 1 saturated heterocycles. The van der Waals surface area contributed by atoms with Crippen molar-refractivity contribution in [2.45, 2.75) is 13.0 Å². The van der Waals surface area contributed by atoms with Crippen molar-refractivity contribution in [3.63, 3.8) is 0 Å². The normalized spacial score (nSPS) is 24.6. The van der Waals surface area contributed by atoms with Crippen molar-refractivity contribution in [3.05, 3.63) is 12.0 Å². The highest BCUT2D eigenvalue weighted by atomic mass is 16.4. The summed E-state index contributed by atoms with van der Waals surface area (Å²) in [5.74, 6) is -0.554. The Kier molecular flexibility index (Phi) is 3.06. The third-order valence-electron chi connectivity index (χ3n) is 3.22. The Morgan fingerprint density at radius 3 is 2.76 bits per heavy atom. The van der Waals surface area contributed by atoms with E-state index < -0.39 is 5.97 Å². The van der Waals surface area contributed by atoms with Crippen LogP contribution in [0.5, 0.6) is 0 Å². The minimum absolute atomic E-state index is 0.0408. The summed E-state index contributed by atoms with van der Waals surface area (Å²) >= 11 is 0. The fourth-order valence-corrected chi connectivity index (χ4v) is 2.29. The number of hydrogen-bond donors (Lipinski definition) is 1. The summed E-state index contributed by atoms with van der Waals surface area (Å²) < 4.78 is 5.20. The van der Waals surface area contributed by atoms with E-state index in [2.05, 4.69) is 16.8 Å². The van der Waals surface area contributed by atoms with Crippen molar-refractivity contribution in [2.24, 2.45) is 5.92 Å². The van der Waals surface area contributed by atoms with Gasteiger partial charge in [0.25, 0.3) is 6.01 Å². The summed E-state index contributed by atoms with van der Waals surface area (Å²) in [6.45, 7) is 3.82. The van der Waals surface area contributed by atoms with Gasteiger partial charge in [0.1, 0.15) is 6.26 Å². The van der Waals surface area contributed by atoms with Crippen LogP contribution in [0.1, 0.15) is 17.4 Å². The molecule has 0 aromatic carbocycles. The number of aromatic carboxylic acids is 1. The quantitative estimate of drug-likeness (QED) is 0.839. The van der Waals surface area contributed by atoms with Gasteiger partial charge in [-0.3, -0.25) is 0 Å². The predicted octanol–water partition coefficient (Wildman–Crippen LogP) is 0.759. The summed E-state index contributed by atoms with van der Waals surface area (Å²) in [6, 6.07) is 0.841. The van der Waals surface area contributed by atoms with E-state index in [4.69, 9.17) is 9.52 Å². The molecular formula is C11H17N3O3. The maximum atomic E-state index is 10.7. The molecule has 1 aliphatic rings. The predicted molar refractivity (Wildman–Crippen MR) is 62.3 cm³/mol. The van der Waals surface area contributed by atoms with Crippen LogP contribution in [-0.2, 0) is 0 Å². The van der Waals surface area contributed by atoms with E-state index in [0.29, 0.717) is 18.0 Å². The molecule has 1 N–H and O–H groups in total. The first-order valence-corrected chi connectivity index (χ1v) is 5.59. The Morgan fingerprint density at radius 2 is 2.29 bits per heavy atom. The second-order valence-corrected chi connectivity index (χ2v) is 4.73. The molecule has 6 heteroatoms. The molecule has 0 saturated carbocycles. The highest BCUT2D eigenvalue weighted by Crippen LogP contribution is 2.25. The highest BCUT2D eigenvalue weighted by molar-refractivity contribution is 5.85. The molecule has 0 spiro atoms. The molecule has 1 aromatic rings. The van der Waals surface area contributed by atoms with Gasteiger partial charge in [0.05, 0.1) is 0 Å². The Bertz CT molecular complexity index is 416. The van der Waals surface area contributed by atoms with Gasteiger partial charge in [-0.25, -0.2) is 4.79 Å². The largest absolute Gasteiger partial charge is 0.476 e. The standard InChI is InChI=1S/C11H17N3O3/c1-7-4-14(5-9(7)13(2)3)11-12-8(6-17-11)10(15)16/h6-7,9H,4-5H2,1-3H3,(H,15,16). The Morgan fingerprint density at radius 1 is 1.59 bits per heavy atom. The molecule has 17 heavy (non-hydrogen) atoms. The molecule has 6 nitrogen and oxygen atoms in total. The minimum atomic E-state index is -1.06. The van der Waals surface area contributed by atoms with Crippen molar-refractivity contribution in [1.29, 1.82) is 0 Å². The topological polar surface area (TPSA) is 69.8 Å². The number of oxazole rings is 1. The zero-order valence-electron chi connectivity index (χ0n) is 10.3. The molecule has 0 aliphatic carbocycles. The van der Waals surface area contributed by atoms with Gasteiger partial charge in [-0.15, -0.1) is 0 Å². The van der Waals surface area contributed by atoms with Crippen LogP contribution >= 0.6 is 0 Å². The molecular weight excluding hydrogens is 222 g/mol. The van der Waals surface area contributed by atoms with Gasteiger partial charge in [-0.1, -0.05) is 6.92 Å². The second kappa shape index (κ2) is 4.37. The molecule has 2 rings (SSSR count). The van der Waals surface area contributed by atoms with Gasteiger partial charge in [0, 0.05) is 19.1 Å². The van der Waals surface area contributed by atoms with E-state index in [-0.39, 0.29) is 5.69 Å². The Labute approximate surface area is 99.8 Å². The van der Waals surface area contributed by atoms with Crippen molar-refractivity contribution in [1.82, 2.24) is 9.88 Å². The zero-order chi connectivity index (χ0) is 12.6. The number of likely N-dealkylation sites (N-methyl/N-ethyl adjacent to an activating group) is 1. The third kappa shape index (κ3) is 2.26. The number of anilines is 1. The summed E-state index contributed by atoms with van der Waals surface area (Å²) in [5.41, 5.74) is -0.0408. The summed E-state index contributed by atoms with van der Waals surface area (Å²) in [7, 11) is 4.09. The van der Waals surface area contributed by atoms with Crippen molar-refractivity contribution in [2.75, 3.05) is 32.1 Å². The first-order valence-electron chi connectivity index (χ1n) is 5.59. The second-order valence-electron chi connectivity index (χ2n) is 4.73. The van der Waals surface area contributed by atoms with Gasteiger partial charge < -0.3 is 19.3 Å². The molecule has 2 heterocycles. The van der Waals surface area contributed by atoms with Crippen LogP contribution < -0.4 is 4.90 Å². The lowest BCUT2D eigenvalue weighted by Gasteiger charge is -2.22. The molecule has 0 bridgehead atoms. The summed E-state index contributed by atoms with van der Waals surface area (Å²) in [4.78, 5) is 18.8. The number of carbonyl (C=O) groups is 1. The molecule has 0 amide bonds. The van der Waals surface area contributed by atoms with Crippen LogP contribution in [-0.4, -0.2) is 54.2 Å². The summed E-state index contributed by atoms with van der Waals surface area (Å²) in [6.07, 6.45) is 1.19. The number of hydrogen-bond acceptors (Lipinski definition) is 5. The molecule has 94 valence electrons. The van der Waals surface area contributed by atoms with Crippen LogP contribution in [0.15, 0.2) is 10.7 Å². The number of nitrogens with zero attached hydrogens (tertiary/aromatic N) is 3. The first-order chi connectivity index (χ1) is 7.99. The fourth-order valence-electron chi connectivity index (χ4n) is 2.29. The SMILES string of the molecule is CC1CN(c2nc(C(=O)O)co2)CC1N(C)C. The van der Waals surface area contributed by atoms with E-state index in [1.807, 2.05) is 19.0 Å². The van der Waals surface area contributed by atoms with Gasteiger partial charge >= 0.3 is 5.97 Å². The number of carboxylic acids is 1. The van der Waals surface area contributed by atoms with E-state index >= 15 is 0 Å². The van der Waals surface area contributed by atoms with Gasteiger partial charge in [0.15, 0.2) is 5.69 Å². The number of rotatable bonds is 3. The lowest BCUT2D eigenvalue weighted by atomic mass is 10.1. The average Bonchev–Trinajstić information content (AvgIpc) is 2.82. The highest BCUT2D eigenvalue weighted by Gasteiger charge is 2.33. The lowest BCUT2D eigenvalue weighted by molar-refractivity contribution is 0.0690. The van der Waals surface area contributed by atoms with Crippen molar-refractivity contribution < 1.29 is 14.3 Å². The molecule has 2 unspecified atom stereocenters. The van der Waals surface area contributed by atoms with Crippen LogP contribution in [0.2, 0.25) is 0 Å². The average molecular weight is 239 g/mol. The van der Waals surface area contributed by atoms with Gasteiger partial charge in [-0.2, -0.15) is 4.98 Å². The van der Waals surface area contributed by atoms with Crippen LogP contribution in [0, 0.1) is 5.92 Å². The maximum absolute atomic E-state index is 10.7. The van der Waals surface area contributed by atoms with Crippen LogP contribution in [0.25, 0.3) is 0 Å². The third-order valence-corrected chi connectivity index (χ3v) is 3.22.